The molecule has 0 bridgehead atoms. The Kier molecular flexibility index (Phi) is 4.23. The molecule has 0 unspecified atom stereocenters. The van der Waals surface area contributed by atoms with Crippen LogP contribution in [-0.2, 0) is 17.8 Å². The van der Waals surface area contributed by atoms with Crippen LogP contribution < -0.4 is 11.1 Å². The lowest BCUT2D eigenvalue weighted by molar-refractivity contribution is -0.120. The summed E-state index contributed by atoms with van der Waals surface area (Å²) in [5, 5.41) is 2.75. The maximum atomic E-state index is 11.8. The van der Waals surface area contributed by atoms with E-state index in [4.69, 9.17) is 18.0 Å². The van der Waals surface area contributed by atoms with Crippen molar-refractivity contribution < 1.29 is 4.79 Å². The SMILES string of the molecule is Cc1[nH]c(=S)sc1CC(=O)NCc1nccc(N)n1. The Morgan fingerprint density at radius 1 is 1.63 bits per heavy atom. The number of aryl methyl sites for hydroxylation is 1. The van der Waals surface area contributed by atoms with E-state index in [1.807, 2.05) is 6.92 Å². The van der Waals surface area contributed by atoms with Crippen LogP contribution in [0.25, 0.3) is 0 Å². The van der Waals surface area contributed by atoms with Crippen LogP contribution in [0.1, 0.15) is 16.4 Å². The topological polar surface area (TPSA) is 96.7 Å². The van der Waals surface area contributed by atoms with Gasteiger partial charge in [-0.3, -0.25) is 4.79 Å². The monoisotopic (exact) mass is 295 g/mol. The number of nitrogen functional groups attached to an aromatic ring is 1. The average Bonchev–Trinajstić information content (AvgIpc) is 2.65. The van der Waals surface area contributed by atoms with Gasteiger partial charge in [0.2, 0.25) is 5.91 Å². The van der Waals surface area contributed by atoms with Crippen LogP contribution in [0.4, 0.5) is 5.82 Å². The molecule has 2 aromatic heterocycles. The molecule has 0 saturated carbocycles. The van der Waals surface area contributed by atoms with Gasteiger partial charge in [0.25, 0.3) is 0 Å². The molecule has 2 heterocycles. The lowest BCUT2D eigenvalue weighted by Crippen LogP contribution is -2.25. The smallest absolute Gasteiger partial charge is 0.225 e. The fraction of sp³-hybridized carbons (Fsp3) is 0.273. The maximum absolute atomic E-state index is 11.8. The fourth-order valence-corrected chi connectivity index (χ4v) is 2.78. The highest BCUT2D eigenvalue weighted by Gasteiger charge is 2.09. The van der Waals surface area contributed by atoms with Crippen LogP contribution in [0.5, 0.6) is 0 Å². The number of H-pyrrole nitrogens is 1. The number of nitrogens with two attached hydrogens (primary N) is 1. The highest BCUT2D eigenvalue weighted by molar-refractivity contribution is 7.73. The van der Waals surface area contributed by atoms with E-state index in [2.05, 4.69) is 20.3 Å². The van der Waals surface area contributed by atoms with Crippen molar-refractivity contribution in [2.45, 2.75) is 19.9 Å². The Hall–Kier alpha value is -1.80. The van der Waals surface area contributed by atoms with Gasteiger partial charge in [0.15, 0.2) is 3.95 Å². The highest BCUT2D eigenvalue weighted by Crippen LogP contribution is 2.14. The van der Waals surface area contributed by atoms with Crippen LogP contribution >= 0.6 is 23.6 Å². The lowest BCUT2D eigenvalue weighted by atomic mass is 10.3. The summed E-state index contributed by atoms with van der Waals surface area (Å²) in [5.41, 5.74) is 6.47. The number of aromatic nitrogens is 3. The van der Waals surface area contributed by atoms with E-state index < -0.39 is 0 Å². The van der Waals surface area contributed by atoms with Gasteiger partial charge in [0.1, 0.15) is 11.6 Å². The summed E-state index contributed by atoms with van der Waals surface area (Å²) in [7, 11) is 0. The van der Waals surface area contributed by atoms with Crippen molar-refractivity contribution in [1.29, 1.82) is 0 Å². The second kappa shape index (κ2) is 5.89. The van der Waals surface area contributed by atoms with E-state index in [1.54, 1.807) is 12.3 Å². The average molecular weight is 295 g/mol. The molecule has 1 amide bonds. The molecule has 2 aromatic rings. The van der Waals surface area contributed by atoms with Crippen LogP contribution in [-0.4, -0.2) is 20.9 Å². The van der Waals surface area contributed by atoms with Crippen molar-refractivity contribution in [2.75, 3.05) is 5.73 Å². The molecule has 0 atom stereocenters. The second-order valence-electron chi connectivity index (χ2n) is 3.91. The molecule has 19 heavy (non-hydrogen) atoms. The van der Waals surface area contributed by atoms with Crippen molar-refractivity contribution in [3.8, 4) is 0 Å². The third-order valence-electron chi connectivity index (χ3n) is 2.42. The molecule has 0 aliphatic heterocycles. The molecule has 0 radical (unpaired) electrons. The zero-order valence-electron chi connectivity index (χ0n) is 10.3. The first-order valence-electron chi connectivity index (χ1n) is 5.57. The second-order valence-corrected chi connectivity index (χ2v) is 5.69. The molecule has 0 aromatic carbocycles. The molecule has 2 rings (SSSR count). The van der Waals surface area contributed by atoms with Crippen molar-refractivity contribution in [2.24, 2.45) is 0 Å². The summed E-state index contributed by atoms with van der Waals surface area (Å²) in [6.45, 7) is 2.16. The summed E-state index contributed by atoms with van der Waals surface area (Å²) in [6, 6.07) is 1.60. The van der Waals surface area contributed by atoms with Crippen molar-refractivity contribution in [1.82, 2.24) is 20.3 Å². The summed E-state index contributed by atoms with van der Waals surface area (Å²) in [6.07, 6.45) is 1.86. The Morgan fingerprint density at radius 2 is 2.42 bits per heavy atom. The third-order valence-corrected chi connectivity index (χ3v) is 3.75. The summed E-state index contributed by atoms with van der Waals surface area (Å²) < 4.78 is 0.680. The molecular weight excluding hydrogens is 282 g/mol. The van der Waals surface area contributed by atoms with Crippen LogP contribution in [0.2, 0.25) is 0 Å². The largest absolute Gasteiger partial charge is 0.384 e. The van der Waals surface area contributed by atoms with E-state index in [0.29, 0.717) is 22.0 Å². The molecule has 0 aliphatic rings. The minimum Gasteiger partial charge on any atom is -0.384 e. The number of carbonyl (C=O) groups excluding carboxylic acids is 1. The number of hydrogen-bond donors (Lipinski definition) is 3. The first-order chi connectivity index (χ1) is 9.04. The summed E-state index contributed by atoms with van der Waals surface area (Å²) in [4.78, 5) is 23.8. The molecular formula is C11H13N5OS2. The minimum absolute atomic E-state index is 0.0978. The van der Waals surface area contributed by atoms with Crippen molar-refractivity contribution >= 4 is 35.3 Å². The molecule has 4 N–H and O–H groups in total. The Balaban J connectivity index is 1.92. The predicted molar refractivity (Wildman–Crippen MR) is 76.2 cm³/mol. The van der Waals surface area contributed by atoms with Crippen LogP contribution in [0, 0.1) is 10.9 Å². The number of hydrogen-bond acceptors (Lipinski definition) is 6. The number of anilines is 1. The van der Waals surface area contributed by atoms with E-state index >= 15 is 0 Å². The van der Waals surface area contributed by atoms with Crippen molar-refractivity contribution in [3.05, 3.63) is 32.6 Å². The number of carbonyl (C=O) groups is 1. The minimum atomic E-state index is -0.0978. The van der Waals surface area contributed by atoms with Gasteiger partial charge in [-0.05, 0) is 25.2 Å². The van der Waals surface area contributed by atoms with E-state index in [1.165, 1.54) is 11.3 Å². The molecule has 0 aliphatic carbocycles. The lowest BCUT2D eigenvalue weighted by Gasteiger charge is -2.04. The quantitative estimate of drug-likeness (QED) is 0.740. The maximum Gasteiger partial charge on any atom is 0.225 e. The van der Waals surface area contributed by atoms with E-state index in [9.17, 15) is 4.79 Å². The third kappa shape index (κ3) is 3.83. The number of nitrogens with zero attached hydrogens (tertiary/aromatic N) is 2. The number of thiazole rings is 1. The Labute approximate surface area is 119 Å². The first-order valence-corrected chi connectivity index (χ1v) is 6.80. The Bertz CT molecular complexity index is 649. The zero-order chi connectivity index (χ0) is 13.8. The van der Waals surface area contributed by atoms with Gasteiger partial charge in [0.05, 0.1) is 13.0 Å². The van der Waals surface area contributed by atoms with Crippen LogP contribution in [0.3, 0.4) is 0 Å². The number of amides is 1. The van der Waals surface area contributed by atoms with Gasteiger partial charge in [-0.15, -0.1) is 11.3 Å². The first kappa shape index (κ1) is 13.6. The molecule has 0 saturated heterocycles. The van der Waals surface area contributed by atoms with Gasteiger partial charge in [-0.25, -0.2) is 9.97 Å². The summed E-state index contributed by atoms with van der Waals surface area (Å²) in [5.74, 6) is 0.782. The molecule has 0 fully saturated rings. The summed E-state index contributed by atoms with van der Waals surface area (Å²) >= 11 is 6.44. The van der Waals surface area contributed by atoms with Gasteiger partial charge < -0.3 is 16.0 Å². The highest BCUT2D eigenvalue weighted by atomic mass is 32.1. The molecule has 0 spiro atoms. The zero-order valence-corrected chi connectivity index (χ0v) is 11.9. The normalized spacial score (nSPS) is 10.4. The number of rotatable bonds is 4. The van der Waals surface area contributed by atoms with E-state index in [-0.39, 0.29) is 12.5 Å². The predicted octanol–water partition coefficient (Wildman–Crippen LogP) is 1.35. The molecule has 8 heteroatoms. The number of aromatic amines is 1. The van der Waals surface area contributed by atoms with Gasteiger partial charge in [-0.1, -0.05) is 0 Å². The van der Waals surface area contributed by atoms with Crippen molar-refractivity contribution in [3.63, 3.8) is 0 Å². The van der Waals surface area contributed by atoms with Gasteiger partial charge >= 0.3 is 0 Å². The van der Waals surface area contributed by atoms with Gasteiger partial charge in [0, 0.05) is 16.8 Å². The van der Waals surface area contributed by atoms with Gasteiger partial charge in [-0.2, -0.15) is 0 Å². The number of nitrogens with one attached hydrogen (secondary N) is 2. The van der Waals surface area contributed by atoms with E-state index in [0.717, 1.165) is 10.6 Å². The molecule has 6 nitrogen and oxygen atoms in total. The Morgan fingerprint density at radius 3 is 3.05 bits per heavy atom. The standard InChI is InChI=1S/C11H13N5OS2/c1-6-7(19-11(18)15-6)4-10(17)14-5-9-13-3-2-8(12)16-9/h2-3H,4-5H2,1H3,(H,14,17)(H,15,18)(H2,12,13,16). The van der Waals surface area contributed by atoms with Crippen LogP contribution in [0.15, 0.2) is 12.3 Å². The fourth-order valence-electron chi connectivity index (χ4n) is 1.49. The molecule has 100 valence electrons.